The van der Waals surface area contributed by atoms with Crippen LogP contribution in [-0.2, 0) is 0 Å². The van der Waals surface area contributed by atoms with Crippen molar-refractivity contribution in [3.8, 4) is 17.5 Å². The minimum absolute atomic E-state index is 0.0753. The highest BCUT2D eigenvalue weighted by molar-refractivity contribution is 5.55. The van der Waals surface area contributed by atoms with E-state index in [9.17, 15) is 5.26 Å². The summed E-state index contributed by atoms with van der Waals surface area (Å²) in [7, 11) is 0. The summed E-state index contributed by atoms with van der Waals surface area (Å²) in [6.45, 7) is 4.54. The average Bonchev–Trinajstić information content (AvgIpc) is 2.96. The Morgan fingerprint density at radius 3 is 2.00 bits per heavy atom. The zero-order valence-electron chi connectivity index (χ0n) is 23.6. The molecule has 0 N–H and O–H groups in total. The van der Waals surface area contributed by atoms with Crippen LogP contribution in [0.4, 0.5) is 0 Å². The highest BCUT2D eigenvalue weighted by Crippen LogP contribution is 2.46. The fourth-order valence-corrected chi connectivity index (χ4v) is 6.88. The molecule has 200 valence electrons. The normalized spacial score (nSPS) is 26.0. The number of hydrogen-bond donors (Lipinski definition) is 0. The van der Waals surface area contributed by atoms with Crippen molar-refractivity contribution in [2.45, 2.75) is 135 Å². The van der Waals surface area contributed by atoms with Crippen LogP contribution in [0.1, 0.15) is 146 Å². The first-order valence-electron chi connectivity index (χ1n) is 15.5. The van der Waals surface area contributed by atoms with Gasteiger partial charge in [0, 0.05) is 18.0 Å². The summed E-state index contributed by atoms with van der Waals surface area (Å²) >= 11 is 0. The molecular weight excluding hydrogens is 450 g/mol. The Hall–Kier alpha value is -2.21. The number of rotatable bonds is 12. The highest BCUT2D eigenvalue weighted by Gasteiger charge is 2.35. The van der Waals surface area contributed by atoms with Crippen LogP contribution < -0.4 is 0 Å². The van der Waals surface area contributed by atoms with Crippen molar-refractivity contribution < 1.29 is 0 Å². The molecule has 0 radical (unpaired) electrons. The number of benzene rings is 1. The molecule has 0 aliphatic heterocycles. The van der Waals surface area contributed by atoms with Gasteiger partial charge in [-0.3, -0.25) is 0 Å². The maximum atomic E-state index is 9.91. The van der Waals surface area contributed by atoms with Crippen LogP contribution in [0.15, 0.2) is 36.7 Å². The summed E-state index contributed by atoms with van der Waals surface area (Å²) in [6, 6.07) is 11.7. The van der Waals surface area contributed by atoms with Crippen LogP contribution in [0, 0.1) is 22.7 Å². The van der Waals surface area contributed by atoms with Gasteiger partial charge in [0.25, 0.3) is 0 Å². The fourth-order valence-electron chi connectivity index (χ4n) is 6.88. The van der Waals surface area contributed by atoms with Crippen LogP contribution in [0.5, 0.6) is 0 Å². The lowest BCUT2D eigenvalue weighted by Crippen LogP contribution is -2.25. The van der Waals surface area contributed by atoms with Gasteiger partial charge in [-0.15, -0.1) is 0 Å². The van der Waals surface area contributed by atoms with Crippen molar-refractivity contribution in [3.63, 3.8) is 0 Å². The Morgan fingerprint density at radius 2 is 1.38 bits per heavy atom. The molecule has 2 saturated carbocycles. The lowest BCUT2D eigenvalue weighted by Gasteiger charge is -2.35. The van der Waals surface area contributed by atoms with Gasteiger partial charge in [0.15, 0.2) is 5.82 Å². The second-order valence-corrected chi connectivity index (χ2v) is 12.2. The van der Waals surface area contributed by atoms with E-state index in [0.717, 1.165) is 49.4 Å². The lowest BCUT2D eigenvalue weighted by atomic mass is 9.67. The number of unbranched alkanes of at least 4 members (excludes halogenated alkanes) is 5. The molecule has 0 bridgehead atoms. The molecule has 1 aromatic carbocycles. The van der Waals surface area contributed by atoms with Crippen molar-refractivity contribution in [3.05, 3.63) is 47.8 Å². The van der Waals surface area contributed by atoms with Crippen molar-refractivity contribution in [1.29, 1.82) is 5.26 Å². The molecule has 1 heterocycles. The van der Waals surface area contributed by atoms with Gasteiger partial charge < -0.3 is 0 Å². The summed E-state index contributed by atoms with van der Waals surface area (Å²) in [4.78, 5) is 9.54. The van der Waals surface area contributed by atoms with E-state index in [1.165, 1.54) is 88.2 Å². The van der Waals surface area contributed by atoms with E-state index in [1.807, 2.05) is 0 Å². The highest BCUT2D eigenvalue weighted by atomic mass is 14.9. The Balaban J connectivity index is 1.27. The largest absolute Gasteiger partial charge is 0.236 e. The summed E-state index contributed by atoms with van der Waals surface area (Å²) in [6.07, 6.45) is 25.5. The molecule has 37 heavy (non-hydrogen) atoms. The van der Waals surface area contributed by atoms with E-state index in [-0.39, 0.29) is 5.41 Å². The first-order chi connectivity index (χ1) is 18.2. The molecule has 0 atom stereocenters. The standard InChI is InChI=1S/C34H49N3/c1-3-5-7-9-21-34(26-35)22-19-30(20-23-34)28-15-17-31(18-16-28)33-36-24-32(25-37-33)29-13-11-27(12-14-29)10-8-6-4-2/h15-18,24-25,27,29-30H,3-14,19-23H2,1-2H3/t27-,29-,30-,34-. The zero-order valence-corrected chi connectivity index (χ0v) is 23.6. The van der Waals surface area contributed by atoms with Gasteiger partial charge in [-0.1, -0.05) is 89.5 Å². The Kier molecular flexibility index (Phi) is 10.6. The molecule has 2 aliphatic rings. The molecule has 2 aromatic rings. The molecule has 3 heteroatoms. The monoisotopic (exact) mass is 499 g/mol. The lowest BCUT2D eigenvalue weighted by molar-refractivity contribution is 0.223. The maximum absolute atomic E-state index is 9.91. The topological polar surface area (TPSA) is 49.6 Å². The van der Waals surface area contributed by atoms with E-state index >= 15 is 0 Å². The summed E-state index contributed by atoms with van der Waals surface area (Å²) in [5, 5.41) is 9.91. The third kappa shape index (κ3) is 7.66. The molecule has 4 rings (SSSR count). The summed E-state index contributed by atoms with van der Waals surface area (Å²) < 4.78 is 0. The van der Waals surface area contributed by atoms with Gasteiger partial charge in [0.05, 0.1) is 11.5 Å². The van der Waals surface area contributed by atoms with E-state index in [0.29, 0.717) is 11.8 Å². The van der Waals surface area contributed by atoms with Gasteiger partial charge in [0.2, 0.25) is 0 Å². The first kappa shape index (κ1) is 27.8. The van der Waals surface area contributed by atoms with Gasteiger partial charge in [-0.25, -0.2) is 9.97 Å². The third-order valence-electron chi connectivity index (χ3n) is 9.53. The van der Waals surface area contributed by atoms with Crippen LogP contribution in [-0.4, -0.2) is 9.97 Å². The van der Waals surface area contributed by atoms with Crippen molar-refractivity contribution in [1.82, 2.24) is 9.97 Å². The first-order valence-corrected chi connectivity index (χ1v) is 15.5. The molecule has 2 aliphatic carbocycles. The Morgan fingerprint density at radius 1 is 0.757 bits per heavy atom. The minimum Gasteiger partial charge on any atom is -0.236 e. The zero-order chi connectivity index (χ0) is 25.9. The molecule has 3 nitrogen and oxygen atoms in total. The van der Waals surface area contributed by atoms with Gasteiger partial charge in [-0.05, 0) is 86.7 Å². The predicted molar refractivity (Wildman–Crippen MR) is 154 cm³/mol. The molecule has 2 fully saturated rings. The molecule has 0 spiro atoms. The van der Waals surface area contributed by atoms with Gasteiger partial charge >= 0.3 is 0 Å². The predicted octanol–water partition coefficient (Wildman–Crippen LogP) is 10.1. The average molecular weight is 500 g/mol. The second-order valence-electron chi connectivity index (χ2n) is 12.2. The molecule has 0 saturated heterocycles. The number of aromatic nitrogens is 2. The number of hydrogen-bond acceptors (Lipinski definition) is 3. The van der Waals surface area contributed by atoms with E-state index in [2.05, 4.69) is 56.6 Å². The summed E-state index contributed by atoms with van der Waals surface area (Å²) in [5.74, 6) is 2.99. The van der Waals surface area contributed by atoms with Gasteiger partial charge in [-0.2, -0.15) is 5.26 Å². The maximum Gasteiger partial charge on any atom is 0.159 e. The molecule has 0 unspecified atom stereocenters. The van der Waals surface area contributed by atoms with Crippen LogP contribution >= 0.6 is 0 Å². The Bertz CT molecular complexity index is 956. The van der Waals surface area contributed by atoms with E-state index in [1.54, 1.807) is 0 Å². The number of nitrogens with zero attached hydrogens (tertiary/aromatic N) is 3. The van der Waals surface area contributed by atoms with Gasteiger partial charge in [0.1, 0.15) is 0 Å². The van der Waals surface area contributed by atoms with Crippen LogP contribution in [0.3, 0.4) is 0 Å². The van der Waals surface area contributed by atoms with E-state index in [4.69, 9.17) is 9.97 Å². The van der Waals surface area contributed by atoms with Crippen LogP contribution in [0.25, 0.3) is 11.4 Å². The molecular formula is C34H49N3. The van der Waals surface area contributed by atoms with Crippen molar-refractivity contribution >= 4 is 0 Å². The smallest absolute Gasteiger partial charge is 0.159 e. The third-order valence-corrected chi connectivity index (χ3v) is 9.53. The van der Waals surface area contributed by atoms with Crippen molar-refractivity contribution in [2.24, 2.45) is 11.3 Å². The second kappa shape index (κ2) is 14.1. The SMILES string of the molecule is CCCCCC[C@]1(C#N)CC[C@H](c2ccc(-c3ncc([C@H]4CC[C@H](CCCCC)CC4)cn3)cc2)CC1. The quantitative estimate of drug-likeness (QED) is 0.273. The molecule has 0 amide bonds. The Labute approximate surface area is 226 Å². The minimum atomic E-state index is -0.0753. The van der Waals surface area contributed by atoms with E-state index < -0.39 is 0 Å². The van der Waals surface area contributed by atoms with Crippen molar-refractivity contribution in [2.75, 3.05) is 0 Å². The molecule has 1 aromatic heterocycles. The van der Waals surface area contributed by atoms with Crippen LogP contribution in [0.2, 0.25) is 0 Å². The fraction of sp³-hybridized carbons (Fsp3) is 0.676. The number of nitriles is 1. The summed E-state index contributed by atoms with van der Waals surface area (Å²) in [5.41, 5.74) is 3.76.